The van der Waals surface area contributed by atoms with Gasteiger partial charge in [-0.25, -0.2) is 4.99 Å². The lowest BCUT2D eigenvalue weighted by atomic mass is 10.2. The fourth-order valence-electron chi connectivity index (χ4n) is 3.83. The van der Waals surface area contributed by atoms with E-state index in [1.807, 2.05) is 60.2 Å². The van der Waals surface area contributed by atoms with E-state index in [9.17, 15) is 5.11 Å². The SMILES string of the molecule is CSC=C(N=C([O-])c1ccccc1)[P+](c1ccccc1)(c1ccccc1)c1ccccc1. The van der Waals surface area contributed by atoms with Crippen LogP contribution in [0, 0.1) is 0 Å². The third kappa shape index (κ3) is 4.41. The number of nitrogens with zero attached hydrogens (tertiary/aromatic N) is 1. The van der Waals surface area contributed by atoms with Gasteiger partial charge in [0, 0.05) is 5.41 Å². The molecule has 0 aliphatic rings. The van der Waals surface area contributed by atoms with Gasteiger partial charge in [0.1, 0.15) is 15.9 Å². The molecule has 4 aromatic rings. The molecule has 0 bridgehead atoms. The Morgan fingerprint density at radius 2 is 1.03 bits per heavy atom. The highest BCUT2D eigenvalue weighted by atomic mass is 32.2. The van der Waals surface area contributed by atoms with E-state index in [1.165, 1.54) is 15.9 Å². The summed E-state index contributed by atoms with van der Waals surface area (Å²) in [5.74, 6) is -0.224. The maximum absolute atomic E-state index is 13.3. The van der Waals surface area contributed by atoms with E-state index in [2.05, 4.69) is 72.8 Å². The Kier molecular flexibility index (Phi) is 7.21. The van der Waals surface area contributed by atoms with E-state index < -0.39 is 7.26 Å². The molecule has 32 heavy (non-hydrogen) atoms. The molecule has 0 amide bonds. The molecule has 0 N–H and O–H groups in total. The van der Waals surface area contributed by atoms with E-state index in [0.29, 0.717) is 5.56 Å². The molecule has 0 heterocycles. The van der Waals surface area contributed by atoms with Gasteiger partial charge in [-0.15, -0.1) is 11.8 Å². The van der Waals surface area contributed by atoms with Crippen molar-refractivity contribution in [3.05, 3.63) is 138 Å². The second-order valence-corrected chi connectivity index (χ2v) is 11.2. The smallest absolute Gasteiger partial charge is 0.203 e. The number of thioether (sulfide) groups is 1. The van der Waals surface area contributed by atoms with Crippen LogP contribution in [0.5, 0.6) is 0 Å². The lowest BCUT2D eigenvalue weighted by Crippen LogP contribution is -2.33. The van der Waals surface area contributed by atoms with E-state index in [0.717, 1.165) is 5.44 Å². The fraction of sp³-hybridized carbons (Fsp3) is 0.0357. The molecule has 0 aromatic heterocycles. The van der Waals surface area contributed by atoms with Gasteiger partial charge in [0.05, 0.1) is 0 Å². The van der Waals surface area contributed by atoms with Gasteiger partial charge in [-0.1, -0.05) is 84.9 Å². The highest BCUT2D eigenvalue weighted by molar-refractivity contribution is 8.03. The van der Waals surface area contributed by atoms with Crippen molar-refractivity contribution >= 4 is 40.8 Å². The Morgan fingerprint density at radius 3 is 1.41 bits per heavy atom. The van der Waals surface area contributed by atoms with Gasteiger partial charge in [0.15, 0.2) is 7.26 Å². The molecular weight excluding hydrogens is 429 g/mol. The van der Waals surface area contributed by atoms with Crippen LogP contribution in [-0.4, -0.2) is 12.2 Å². The molecule has 158 valence electrons. The van der Waals surface area contributed by atoms with Crippen molar-refractivity contribution in [2.45, 2.75) is 0 Å². The summed E-state index contributed by atoms with van der Waals surface area (Å²) >= 11 is 1.58. The van der Waals surface area contributed by atoms with Crippen molar-refractivity contribution in [2.24, 2.45) is 4.99 Å². The van der Waals surface area contributed by atoms with Crippen LogP contribution < -0.4 is 21.0 Å². The lowest BCUT2D eigenvalue weighted by Gasteiger charge is -2.28. The Hall–Kier alpha value is -3.13. The van der Waals surface area contributed by atoms with Crippen molar-refractivity contribution in [3.63, 3.8) is 0 Å². The van der Waals surface area contributed by atoms with Gasteiger partial charge in [-0.2, -0.15) is 0 Å². The predicted octanol–water partition coefficient (Wildman–Crippen LogP) is 4.95. The van der Waals surface area contributed by atoms with E-state index in [1.54, 1.807) is 11.8 Å². The van der Waals surface area contributed by atoms with Gasteiger partial charge in [-0.05, 0) is 54.1 Å². The molecule has 4 aromatic carbocycles. The quantitative estimate of drug-likeness (QED) is 0.226. The molecule has 0 aliphatic heterocycles. The topological polar surface area (TPSA) is 35.4 Å². The van der Waals surface area contributed by atoms with E-state index >= 15 is 0 Å². The highest BCUT2D eigenvalue weighted by Gasteiger charge is 2.50. The molecular formula is C28H24NOPS. The summed E-state index contributed by atoms with van der Waals surface area (Å²) in [6.07, 6.45) is 2.01. The minimum atomic E-state index is -2.40. The third-order valence-corrected chi connectivity index (χ3v) is 10.0. The standard InChI is InChI=1S/C28H24NOPS/c1-32-22-27(29-28(30)23-14-6-2-7-15-23)31(24-16-8-3-9-17-24,25-18-10-4-11-19-25)26-20-12-5-13-21-26/h2-22H,1H3. The van der Waals surface area contributed by atoms with Gasteiger partial charge in [0.25, 0.3) is 0 Å². The van der Waals surface area contributed by atoms with E-state index in [-0.39, 0.29) is 5.90 Å². The van der Waals surface area contributed by atoms with Crippen LogP contribution in [0.25, 0.3) is 0 Å². The highest BCUT2D eigenvalue weighted by Crippen LogP contribution is 2.63. The van der Waals surface area contributed by atoms with Crippen LogP contribution in [-0.2, 0) is 0 Å². The number of hydrogen-bond acceptors (Lipinski definition) is 3. The third-order valence-electron chi connectivity index (χ3n) is 5.23. The maximum Gasteiger partial charge on any atom is 0.203 e. The zero-order valence-electron chi connectivity index (χ0n) is 17.8. The first-order valence-corrected chi connectivity index (χ1v) is 13.4. The molecule has 4 heteroatoms. The lowest BCUT2D eigenvalue weighted by molar-refractivity contribution is -0.212. The second-order valence-electron chi connectivity index (χ2n) is 7.17. The Labute approximate surface area is 194 Å². The first kappa shape index (κ1) is 22.1. The van der Waals surface area contributed by atoms with Crippen LogP contribution in [0.3, 0.4) is 0 Å². The predicted molar refractivity (Wildman–Crippen MR) is 140 cm³/mol. The van der Waals surface area contributed by atoms with Crippen molar-refractivity contribution in [1.82, 2.24) is 0 Å². The summed E-state index contributed by atoms with van der Waals surface area (Å²) in [5.41, 5.74) is 1.40. The number of hydrogen-bond donors (Lipinski definition) is 0. The number of rotatable bonds is 7. The van der Waals surface area contributed by atoms with Gasteiger partial charge >= 0.3 is 0 Å². The molecule has 0 saturated heterocycles. The van der Waals surface area contributed by atoms with Crippen LogP contribution in [0.4, 0.5) is 0 Å². The van der Waals surface area contributed by atoms with Gasteiger partial charge < -0.3 is 5.11 Å². The summed E-state index contributed by atoms with van der Waals surface area (Å²) in [5, 5.41) is 18.8. The molecule has 0 radical (unpaired) electrons. The molecule has 2 nitrogen and oxygen atoms in total. The number of benzene rings is 4. The molecule has 0 saturated carbocycles. The van der Waals surface area contributed by atoms with Crippen LogP contribution in [0.2, 0.25) is 0 Å². The van der Waals surface area contributed by atoms with Crippen molar-refractivity contribution < 1.29 is 5.11 Å². The van der Waals surface area contributed by atoms with Crippen molar-refractivity contribution in [3.8, 4) is 0 Å². The van der Waals surface area contributed by atoms with Crippen molar-refractivity contribution in [2.75, 3.05) is 6.26 Å². The van der Waals surface area contributed by atoms with E-state index in [4.69, 9.17) is 4.99 Å². The zero-order valence-corrected chi connectivity index (χ0v) is 19.5. The van der Waals surface area contributed by atoms with Crippen molar-refractivity contribution in [1.29, 1.82) is 0 Å². The second kappa shape index (κ2) is 10.5. The zero-order chi connectivity index (χ0) is 22.2. The van der Waals surface area contributed by atoms with Gasteiger partial charge in [0.2, 0.25) is 5.44 Å². The molecule has 0 aliphatic carbocycles. The summed E-state index contributed by atoms with van der Waals surface area (Å²) in [6, 6.07) is 40.7. The van der Waals surface area contributed by atoms with Crippen LogP contribution in [0.1, 0.15) is 5.56 Å². The first-order chi connectivity index (χ1) is 15.8. The van der Waals surface area contributed by atoms with Crippen LogP contribution >= 0.6 is 19.0 Å². The largest absolute Gasteiger partial charge is 0.858 e. The summed E-state index contributed by atoms with van der Waals surface area (Å²) < 4.78 is 0. The Morgan fingerprint density at radius 1 is 0.656 bits per heavy atom. The fourth-order valence-corrected chi connectivity index (χ4v) is 8.83. The Bertz CT molecular complexity index is 1100. The molecule has 0 unspecified atom stereocenters. The average molecular weight is 454 g/mol. The maximum atomic E-state index is 13.3. The monoisotopic (exact) mass is 453 g/mol. The van der Waals surface area contributed by atoms with Crippen LogP contribution in [0.15, 0.2) is 137 Å². The average Bonchev–Trinajstić information content (AvgIpc) is 2.87. The minimum Gasteiger partial charge on any atom is -0.858 e. The molecule has 0 fully saturated rings. The normalized spacial score (nSPS) is 12.5. The molecule has 0 spiro atoms. The van der Waals surface area contributed by atoms with Gasteiger partial charge in [-0.3, -0.25) is 0 Å². The summed E-state index contributed by atoms with van der Waals surface area (Å²) in [4.78, 5) is 4.79. The molecule has 0 atom stereocenters. The molecule has 4 rings (SSSR count). The summed E-state index contributed by atoms with van der Waals surface area (Å²) in [6.45, 7) is 0. The first-order valence-electron chi connectivity index (χ1n) is 10.4. The minimum absolute atomic E-state index is 0.224. The number of aliphatic imine (C=N–C) groups is 1. The Balaban J connectivity index is 2.07. The summed E-state index contributed by atoms with van der Waals surface area (Å²) in [7, 11) is -2.40.